The Morgan fingerprint density at radius 2 is 2.00 bits per heavy atom. The van der Waals surface area contributed by atoms with Gasteiger partial charge in [-0.25, -0.2) is 0 Å². The van der Waals surface area contributed by atoms with E-state index in [1.54, 1.807) is 0 Å². The van der Waals surface area contributed by atoms with Crippen molar-refractivity contribution in [3.8, 4) is 0 Å². The van der Waals surface area contributed by atoms with Gasteiger partial charge in [0, 0.05) is 0 Å². The zero-order chi connectivity index (χ0) is 8.81. The van der Waals surface area contributed by atoms with Crippen LogP contribution < -0.4 is 0 Å². The molecule has 0 bridgehead atoms. The van der Waals surface area contributed by atoms with E-state index >= 15 is 0 Å². The lowest BCUT2D eigenvalue weighted by Gasteiger charge is -2.27. The summed E-state index contributed by atoms with van der Waals surface area (Å²) >= 11 is 0. The molecule has 1 saturated carbocycles. The zero-order valence-corrected chi connectivity index (χ0v) is 8.39. The Labute approximate surface area is 77.1 Å². The SMILES string of the molecule is C=CC(CCC)C1CCCCC1. The van der Waals surface area contributed by atoms with Crippen LogP contribution in [0.2, 0.25) is 0 Å². The van der Waals surface area contributed by atoms with E-state index < -0.39 is 0 Å². The van der Waals surface area contributed by atoms with Crippen LogP contribution in [-0.4, -0.2) is 0 Å². The summed E-state index contributed by atoms with van der Waals surface area (Å²) in [5.41, 5.74) is 0. The predicted molar refractivity (Wildman–Crippen MR) is 55.2 cm³/mol. The largest absolute Gasteiger partial charge is 0.103 e. The fourth-order valence-electron chi connectivity index (χ4n) is 2.44. The van der Waals surface area contributed by atoms with E-state index in [9.17, 15) is 0 Å². The molecule has 0 aromatic carbocycles. The molecule has 0 spiro atoms. The van der Waals surface area contributed by atoms with Crippen LogP contribution in [0.15, 0.2) is 12.7 Å². The Hall–Kier alpha value is -0.260. The molecule has 0 aliphatic heterocycles. The summed E-state index contributed by atoms with van der Waals surface area (Å²) < 4.78 is 0. The highest BCUT2D eigenvalue weighted by atomic mass is 14.2. The first-order valence-electron chi connectivity index (χ1n) is 5.51. The van der Waals surface area contributed by atoms with E-state index in [4.69, 9.17) is 0 Å². The summed E-state index contributed by atoms with van der Waals surface area (Å²) in [4.78, 5) is 0. The van der Waals surface area contributed by atoms with Crippen molar-refractivity contribution in [2.24, 2.45) is 11.8 Å². The molecule has 70 valence electrons. The number of hydrogen-bond donors (Lipinski definition) is 0. The fraction of sp³-hybridized carbons (Fsp3) is 0.833. The average molecular weight is 166 g/mol. The van der Waals surface area contributed by atoms with Crippen molar-refractivity contribution in [3.63, 3.8) is 0 Å². The minimum absolute atomic E-state index is 0.815. The van der Waals surface area contributed by atoms with Gasteiger partial charge in [-0.3, -0.25) is 0 Å². The van der Waals surface area contributed by atoms with Crippen LogP contribution >= 0.6 is 0 Å². The van der Waals surface area contributed by atoms with Crippen molar-refractivity contribution in [1.29, 1.82) is 0 Å². The molecule has 0 N–H and O–H groups in total. The maximum absolute atomic E-state index is 3.95. The van der Waals surface area contributed by atoms with Gasteiger partial charge in [0.25, 0.3) is 0 Å². The molecule has 0 nitrogen and oxygen atoms in total. The van der Waals surface area contributed by atoms with Crippen LogP contribution in [0.1, 0.15) is 51.9 Å². The second-order valence-electron chi connectivity index (χ2n) is 4.09. The van der Waals surface area contributed by atoms with E-state index in [0.717, 1.165) is 11.8 Å². The van der Waals surface area contributed by atoms with Gasteiger partial charge < -0.3 is 0 Å². The number of hydrogen-bond acceptors (Lipinski definition) is 0. The average Bonchev–Trinajstić information content (AvgIpc) is 2.15. The van der Waals surface area contributed by atoms with E-state index in [0.29, 0.717) is 0 Å². The predicted octanol–water partition coefficient (Wildman–Crippen LogP) is 4.17. The van der Waals surface area contributed by atoms with Gasteiger partial charge in [0.1, 0.15) is 0 Å². The van der Waals surface area contributed by atoms with E-state index in [2.05, 4.69) is 19.6 Å². The minimum Gasteiger partial charge on any atom is -0.103 e. The van der Waals surface area contributed by atoms with Crippen LogP contribution in [0.5, 0.6) is 0 Å². The maximum atomic E-state index is 3.95. The Morgan fingerprint density at radius 1 is 1.33 bits per heavy atom. The molecule has 1 unspecified atom stereocenters. The van der Waals surface area contributed by atoms with E-state index in [1.807, 2.05) is 0 Å². The van der Waals surface area contributed by atoms with Crippen LogP contribution in [-0.2, 0) is 0 Å². The number of allylic oxidation sites excluding steroid dienone is 1. The summed E-state index contributed by atoms with van der Waals surface area (Å²) in [7, 11) is 0. The topological polar surface area (TPSA) is 0 Å². The van der Waals surface area contributed by atoms with Gasteiger partial charge in [0.2, 0.25) is 0 Å². The van der Waals surface area contributed by atoms with E-state index in [1.165, 1.54) is 44.9 Å². The van der Waals surface area contributed by atoms with Crippen molar-refractivity contribution in [2.75, 3.05) is 0 Å². The lowest BCUT2D eigenvalue weighted by Crippen LogP contribution is -2.15. The van der Waals surface area contributed by atoms with Crippen molar-refractivity contribution >= 4 is 0 Å². The smallest absolute Gasteiger partial charge is 0.0208 e. The second-order valence-corrected chi connectivity index (χ2v) is 4.09. The molecule has 0 heterocycles. The third-order valence-corrected chi connectivity index (χ3v) is 3.18. The van der Waals surface area contributed by atoms with Gasteiger partial charge in [-0.05, 0) is 31.1 Å². The molecule has 1 fully saturated rings. The Morgan fingerprint density at radius 3 is 2.50 bits per heavy atom. The lowest BCUT2D eigenvalue weighted by molar-refractivity contribution is 0.274. The summed E-state index contributed by atoms with van der Waals surface area (Å²) in [6.07, 6.45) is 12.2. The molecule has 0 saturated heterocycles. The van der Waals surface area contributed by atoms with Crippen molar-refractivity contribution in [1.82, 2.24) is 0 Å². The van der Waals surface area contributed by atoms with Crippen molar-refractivity contribution < 1.29 is 0 Å². The van der Waals surface area contributed by atoms with E-state index in [-0.39, 0.29) is 0 Å². The highest BCUT2D eigenvalue weighted by Gasteiger charge is 2.19. The van der Waals surface area contributed by atoms with Gasteiger partial charge in [-0.1, -0.05) is 38.7 Å². The van der Waals surface area contributed by atoms with Crippen molar-refractivity contribution in [3.05, 3.63) is 12.7 Å². The molecule has 1 atom stereocenters. The summed E-state index contributed by atoms with van der Waals surface area (Å²) in [5, 5.41) is 0. The first-order chi connectivity index (χ1) is 5.88. The highest BCUT2D eigenvalue weighted by molar-refractivity contribution is 4.85. The molecule has 12 heavy (non-hydrogen) atoms. The molecular weight excluding hydrogens is 144 g/mol. The molecule has 0 aromatic heterocycles. The molecule has 0 amide bonds. The van der Waals surface area contributed by atoms with Gasteiger partial charge in [-0.15, -0.1) is 6.58 Å². The Balaban J connectivity index is 2.34. The first kappa shape index (κ1) is 9.83. The standard InChI is InChI=1S/C12H22/c1-3-8-11(4-2)12-9-6-5-7-10-12/h4,11-12H,2-3,5-10H2,1H3. The molecular formula is C12H22. The normalized spacial score (nSPS) is 22.1. The molecule has 0 heteroatoms. The number of rotatable bonds is 4. The van der Waals surface area contributed by atoms with Crippen LogP contribution in [0.25, 0.3) is 0 Å². The quantitative estimate of drug-likeness (QED) is 0.550. The molecule has 1 rings (SSSR count). The molecule has 0 radical (unpaired) electrons. The summed E-state index contributed by atoms with van der Waals surface area (Å²) in [6.45, 7) is 6.23. The second kappa shape index (κ2) is 5.40. The monoisotopic (exact) mass is 166 g/mol. The molecule has 0 aromatic rings. The third-order valence-electron chi connectivity index (χ3n) is 3.18. The third kappa shape index (κ3) is 2.66. The lowest BCUT2D eigenvalue weighted by atomic mass is 9.78. The minimum atomic E-state index is 0.815. The van der Waals surface area contributed by atoms with Crippen LogP contribution in [0, 0.1) is 11.8 Å². The first-order valence-corrected chi connectivity index (χ1v) is 5.51. The Bertz CT molecular complexity index is 120. The zero-order valence-electron chi connectivity index (χ0n) is 8.39. The molecule has 1 aliphatic rings. The van der Waals surface area contributed by atoms with Crippen molar-refractivity contribution in [2.45, 2.75) is 51.9 Å². The van der Waals surface area contributed by atoms with Gasteiger partial charge in [-0.2, -0.15) is 0 Å². The summed E-state index contributed by atoms with van der Waals surface area (Å²) in [5.74, 6) is 1.78. The highest BCUT2D eigenvalue weighted by Crippen LogP contribution is 2.32. The summed E-state index contributed by atoms with van der Waals surface area (Å²) in [6, 6.07) is 0. The van der Waals surface area contributed by atoms with Gasteiger partial charge in [0.05, 0.1) is 0 Å². The van der Waals surface area contributed by atoms with Gasteiger partial charge >= 0.3 is 0 Å². The fourth-order valence-corrected chi connectivity index (χ4v) is 2.44. The maximum Gasteiger partial charge on any atom is -0.0208 e. The van der Waals surface area contributed by atoms with Gasteiger partial charge in [0.15, 0.2) is 0 Å². The van der Waals surface area contributed by atoms with Crippen LogP contribution in [0.3, 0.4) is 0 Å². The molecule has 1 aliphatic carbocycles. The Kier molecular flexibility index (Phi) is 4.42. The van der Waals surface area contributed by atoms with Crippen LogP contribution in [0.4, 0.5) is 0 Å².